The molecule has 5 heteroatoms. The Hall–Kier alpha value is 0.260. The van der Waals surface area contributed by atoms with Gasteiger partial charge in [-0.05, 0) is 20.8 Å². The molecule has 1 fully saturated rings. The van der Waals surface area contributed by atoms with Crippen LogP contribution in [0.2, 0.25) is 0 Å². The smallest absolute Gasteiger partial charge is 0.211 e. The van der Waals surface area contributed by atoms with E-state index in [-0.39, 0.29) is 16.5 Å². The summed E-state index contributed by atoms with van der Waals surface area (Å²) in [5.41, 5.74) is 0. The Morgan fingerprint density at radius 3 is 2.42 bits per heavy atom. The third-order valence-electron chi connectivity index (χ3n) is 2.16. The van der Waals surface area contributed by atoms with Gasteiger partial charge < -0.3 is 0 Å². The summed E-state index contributed by atoms with van der Waals surface area (Å²) in [6.07, 6.45) is 0. The Morgan fingerprint density at radius 1 is 1.58 bits per heavy atom. The molecule has 1 saturated heterocycles. The van der Waals surface area contributed by atoms with Gasteiger partial charge in [0, 0.05) is 16.5 Å². The van der Waals surface area contributed by atoms with Crippen LogP contribution in [0.5, 0.6) is 0 Å². The third-order valence-corrected chi connectivity index (χ3v) is 5.10. The zero-order valence-corrected chi connectivity index (χ0v) is 9.26. The van der Waals surface area contributed by atoms with Gasteiger partial charge in [0.1, 0.15) is 0 Å². The van der Waals surface area contributed by atoms with Gasteiger partial charge in [0.25, 0.3) is 0 Å². The predicted molar refractivity (Wildman–Crippen MR) is 52.9 cm³/mol. The van der Waals surface area contributed by atoms with Crippen LogP contribution >= 0.6 is 11.8 Å². The van der Waals surface area contributed by atoms with Crippen molar-refractivity contribution in [2.45, 2.75) is 31.6 Å². The maximum atomic E-state index is 11.2. The molecule has 1 heterocycles. The summed E-state index contributed by atoms with van der Waals surface area (Å²) in [4.78, 5) is 0. The minimum atomic E-state index is -3.01. The first kappa shape index (κ1) is 10.3. The maximum Gasteiger partial charge on any atom is 0.211 e. The number of thioether (sulfide) groups is 1. The number of hydrogen-bond donors (Lipinski definition) is 1. The molecule has 0 spiro atoms. The van der Waals surface area contributed by atoms with Gasteiger partial charge in [0.05, 0.1) is 5.75 Å². The standard InChI is InChI=1S/C7H15NO2S2/c1-4-12(9,10)8-6-5-11-7(6,2)3/h6,8H,4-5H2,1-3H3. The van der Waals surface area contributed by atoms with Crippen molar-refractivity contribution < 1.29 is 8.42 Å². The molecule has 0 aromatic rings. The Morgan fingerprint density at radius 2 is 2.17 bits per heavy atom. The van der Waals surface area contributed by atoms with Crippen LogP contribution in [0.1, 0.15) is 20.8 Å². The largest absolute Gasteiger partial charge is 0.212 e. The first-order valence-corrected chi connectivity index (χ1v) is 6.65. The van der Waals surface area contributed by atoms with Crippen LogP contribution in [-0.4, -0.2) is 30.7 Å². The van der Waals surface area contributed by atoms with Crippen LogP contribution in [0.25, 0.3) is 0 Å². The molecular formula is C7H15NO2S2. The lowest BCUT2D eigenvalue weighted by molar-refractivity contribution is 0.487. The van der Waals surface area contributed by atoms with Crippen molar-refractivity contribution in [3.05, 3.63) is 0 Å². The van der Waals surface area contributed by atoms with Gasteiger partial charge in [0.2, 0.25) is 10.0 Å². The van der Waals surface area contributed by atoms with E-state index in [0.717, 1.165) is 5.75 Å². The van der Waals surface area contributed by atoms with Crippen molar-refractivity contribution >= 4 is 21.8 Å². The first-order chi connectivity index (χ1) is 5.37. The van der Waals surface area contributed by atoms with Crippen LogP contribution in [0.4, 0.5) is 0 Å². The Labute approximate surface area is 78.4 Å². The highest BCUT2D eigenvalue weighted by Crippen LogP contribution is 2.40. The summed E-state index contributed by atoms with van der Waals surface area (Å²) in [5.74, 6) is 1.07. The lowest BCUT2D eigenvalue weighted by Crippen LogP contribution is -2.56. The number of sulfonamides is 1. The maximum absolute atomic E-state index is 11.2. The summed E-state index contributed by atoms with van der Waals surface area (Å²) in [5, 5.41) is 0. The second-order valence-corrected chi connectivity index (χ2v) is 7.21. The molecule has 0 saturated carbocycles. The van der Waals surface area contributed by atoms with Gasteiger partial charge in [-0.3, -0.25) is 0 Å². The molecule has 1 N–H and O–H groups in total. The number of rotatable bonds is 3. The summed E-state index contributed by atoms with van der Waals surface area (Å²) in [7, 11) is -3.01. The predicted octanol–water partition coefficient (Wildman–Crippen LogP) is 0.820. The van der Waals surface area contributed by atoms with Gasteiger partial charge in [0.15, 0.2) is 0 Å². The van der Waals surface area contributed by atoms with Crippen LogP contribution in [0, 0.1) is 0 Å². The van der Waals surface area contributed by atoms with E-state index < -0.39 is 10.0 Å². The molecule has 0 bridgehead atoms. The van der Waals surface area contributed by atoms with Crippen LogP contribution in [0.3, 0.4) is 0 Å². The van der Waals surface area contributed by atoms with Crippen molar-refractivity contribution in [3.63, 3.8) is 0 Å². The van der Waals surface area contributed by atoms with E-state index in [4.69, 9.17) is 0 Å². The molecular weight excluding hydrogens is 194 g/mol. The van der Waals surface area contributed by atoms with E-state index in [0.29, 0.717) is 0 Å². The van der Waals surface area contributed by atoms with E-state index in [1.54, 1.807) is 18.7 Å². The summed E-state index contributed by atoms with van der Waals surface area (Å²) >= 11 is 1.79. The second kappa shape index (κ2) is 3.20. The summed E-state index contributed by atoms with van der Waals surface area (Å²) < 4.78 is 25.1. The molecule has 0 aliphatic carbocycles. The van der Waals surface area contributed by atoms with Crippen LogP contribution < -0.4 is 4.72 Å². The molecule has 0 aromatic heterocycles. The Bertz CT molecular complexity index is 259. The SMILES string of the molecule is CCS(=O)(=O)NC1CSC1(C)C. The lowest BCUT2D eigenvalue weighted by atomic mass is 10.1. The van der Waals surface area contributed by atoms with E-state index in [1.807, 2.05) is 0 Å². The second-order valence-electron chi connectivity index (χ2n) is 3.49. The topological polar surface area (TPSA) is 46.2 Å². The third kappa shape index (κ3) is 2.14. The van der Waals surface area contributed by atoms with Gasteiger partial charge in [-0.1, -0.05) is 0 Å². The van der Waals surface area contributed by atoms with E-state index in [9.17, 15) is 8.42 Å². The number of nitrogens with one attached hydrogen (secondary N) is 1. The molecule has 12 heavy (non-hydrogen) atoms. The molecule has 0 amide bonds. The summed E-state index contributed by atoms with van der Waals surface area (Å²) in [6, 6.07) is 0.118. The molecule has 3 nitrogen and oxygen atoms in total. The zero-order valence-electron chi connectivity index (χ0n) is 7.62. The number of hydrogen-bond acceptors (Lipinski definition) is 3. The highest BCUT2D eigenvalue weighted by Gasteiger charge is 2.41. The molecule has 1 rings (SSSR count). The summed E-state index contributed by atoms with van der Waals surface area (Å²) in [6.45, 7) is 5.77. The first-order valence-electron chi connectivity index (χ1n) is 4.01. The zero-order chi connectivity index (χ0) is 9.41. The fourth-order valence-electron chi connectivity index (χ4n) is 0.976. The van der Waals surface area contributed by atoms with Gasteiger partial charge in [-0.2, -0.15) is 11.8 Å². The van der Waals surface area contributed by atoms with Gasteiger partial charge >= 0.3 is 0 Å². The monoisotopic (exact) mass is 209 g/mol. The highest BCUT2D eigenvalue weighted by molar-refractivity contribution is 8.02. The van der Waals surface area contributed by atoms with E-state index in [2.05, 4.69) is 18.6 Å². The van der Waals surface area contributed by atoms with Gasteiger partial charge in [-0.25, -0.2) is 13.1 Å². The van der Waals surface area contributed by atoms with Gasteiger partial charge in [-0.15, -0.1) is 0 Å². The molecule has 0 radical (unpaired) electrons. The molecule has 1 aliphatic heterocycles. The van der Waals surface area contributed by atoms with Crippen LogP contribution in [0.15, 0.2) is 0 Å². The Kier molecular flexibility index (Phi) is 2.75. The van der Waals surface area contributed by atoms with Crippen molar-refractivity contribution in [3.8, 4) is 0 Å². The molecule has 0 aromatic carbocycles. The molecule has 1 atom stereocenters. The highest BCUT2D eigenvalue weighted by atomic mass is 32.2. The minimum Gasteiger partial charge on any atom is -0.212 e. The molecule has 72 valence electrons. The van der Waals surface area contributed by atoms with Crippen molar-refractivity contribution in [2.24, 2.45) is 0 Å². The van der Waals surface area contributed by atoms with Crippen molar-refractivity contribution in [1.29, 1.82) is 0 Å². The quantitative estimate of drug-likeness (QED) is 0.748. The van der Waals surface area contributed by atoms with E-state index in [1.165, 1.54) is 0 Å². The minimum absolute atomic E-state index is 0.0717. The normalized spacial score (nSPS) is 28.1. The molecule has 1 aliphatic rings. The Balaban J connectivity index is 2.54. The fraction of sp³-hybridized carbons (Fsp3) is 1.00. The molecule has 1 unspecified atom stereocenters. The van der Waals surface area contributed by atoms with Crippen LogP contribution in [-0.2, 0) is 10.0 Å². The van der Waals surface area contributed by atoms with E-state index >= 15 is 0 Å². The fourth-order valence-corrected chi connectivity index (χ4v) is 3.28. The lowest BCUT2D eigenvalue weighted by Gasteiger charge is -2.43. The average molecular weight is 209 g/mol. The van der Waals surface area contributed by atoms with Crippen molar-refractivity contribution in [2.75, 3.05) is 11.5 Å². The average Bonchev–Trinajstić information content (AvgIpc) is 1.99. The van der Waals surface area contributed by atoms with Crippen molar-refractivity contribution in [1.82, 2.24) is 4.72 Å².